The normalized spacial score (nSPS) is 11.9. The smallest absolute Gasteiger partial charge is 0.321 e. The number of unbranched alkanes of at least 4 members (excludes halogenated alkanes) is 1. The largest absolute Gasteiger partial charge is 0.506 e. The molecule has 0 saturated carbocycles. The van der Waals surface area contributed by atoms with Crippen LogP contribution in [-0.2, 0) is 9.59 Å². The maximum Gasteiger partial charge on any atom is 0.321 e. The van der Waals surface area contributed by atoms with Gasteiger partial charge < -0.3 is 20.8 Å². The molecule has 1 aromatic carbocycles. The Morgan fingerprint density at radius 2 is 2.05 bits per heavy atom. The van der Waals surface area contributed by atoms with Gasteiger partial charge in [-0.3, -0.25) is 9.59 Å². The number of aryl methyl sites for hydroxylation is 1. The molecule has 21 heavy (non-hydrogen) atoms. The number of nitrogens with one attached hydrogen (secondary N) is 2. The topological polar surface area (TPSA) is 98.7 Å². The number of carbonyl (C=O) groups excluding carboxylic acids is 1. The van der Waals surface area contributed by atoms with E-state index in [1.54, 1.807) is 12.1 Å². The van der Waals surface area contributed by atoms with E-state index in [9.17, 15) is 14.7 Å². The number of hydrogen-bond acceptors (Lipinski definition) is 4. The van der Waals surface area contributed by atoms with Gasteiger partial charge in [0.25, 0.3) is 0 Å². The molecular weight excluding hydrogens is 272 g/mol. The minimum Gasteiger partial charge on any atom is -0.506 e. The maximum absolute atomic E-state index is 11.9. The Bertz CT molecular complexity index is 502. The molecule has 0 fully saturated rings. The summed E-state index contributed by atoms with van der Waals surface area (Å²) in [5.74, 6) is -1.55. The summed E-state index contributed by atoms with van der Waals surface area (Å²) in [6, 6.07) is 3.91. The molecule has 0 aliphatic rings. The van der Waals surface area contributed by atoms with Gasteiger partial charge in [0.05, 0.1) is 12.1 Å². The fourth-order valence-electron chi connectivity index (χ4n) is 1.84. The standard InChI is InChI=1S/C15H22N2O4/c1-3-4-7-16-12(15(20)21)9-14(19)17-11-8-10(2)5-6-13(11)18/h5-6,8,12,16,18H,3-4,7,9H2,1-2H3,(H,17,19)(H,20,21). The summed E-state index contributed by atoms with van der Waals surface area (Å²) < 4.78 is 0. The first-order valence-corrected chi connectivity index (χ1v) is 6.99. The Hall–Kier alpha value is -2.08. The zero-order valence-corrected chi connectivity index (χ0v) is 12.3. The SMILES string of the molecule is CCCCNC(CC(=O)Nc1cc(C)ccc1O)C(=O)O. The fraction of sp³-hybridized carbons (Fsp3) is 0.467. The van der Waals surface area contributed by atoms with Crippen molar-refractivity contribution in [2.45, 2.75) is 39.2 Å². The van der Waals surface area contributed by atoms with E-state index < -0.39 is 17.9 Å². The van der Waals surface area contributed by atoms with Crippen LogP contribution in [0.4, 0.5) is 5.69 Å². The molecule has 1 atom stereocenters. The van der Waals surface area contributed by atoms with Crippen molar-refractivity contribution in [3.05, 3.63) is 23.8 Å². The van der Waals surface area contributed by atoms with Gasteiger partial charge in [-0.15, -0.1) is 0 Å². The Balaban J connectivity index is 2.61. The highest BCUT2D eigenvalue weighted by Gasteiger charge is 2.20. The van der Waals surface area contributed by atoms with Crippen LogP contribution in [0.1, 0.15) is 31.7 Å². The van der Waals surface area contributed by atoms with Gasteiger partial charge in [-0.2, -0.15) is 0 Å². The van der Waals surface area contributed by atoms with E-state index in [0.717, 1.165) is 18.4 Å². The molecule has 0 heterocycles. The van der Waals surface area contributed by atoms with Crippen LogP contribution in [-0.4, -0.2) is 34.7 Å². The molecule has 116 valence electrons. The van der Waals surface area contributed by atoms with Crippen LogP contribution < -0.4 is 10.6 Å². The fourth-order valence-corrected chi connectivity index (χ4v) is 1.84. The van der Waals surface area contributed by atoms with Crippen LogP contribution in [0.15, 0.2) is 18.2 Å². The van der Waals surface area contributed by atoms with Gasteiger partial charge in [-0.1, -0.05) is 19.4 Å². The molecule has 0 bridgehead atoms. The summed E-state index contributed by atoms with van der Waals surface area (Å²) in [5.41, 5.74) is 1.18. The highest BCUT2D eigenvalue weighted by Crippen LogP contribution is 2.23. The molecule has 0 aliphatic heterocycles. The number of carboxylic acids is 1. The molecule has 0 saturated heterocycles. The molecule has 1 unspecified atom stereocenters. The number of aliphatic carboxylic acids is 1. The lowest BCUT2D eigenvalue weighted by atomic mass is 10.1. The van der Waals surface area contributed by atoms with Crippen LogP contribution in [0, 0.1) is 6.92 Å². The number of rotatable bonds is 8. The third-order valence-corrected chi connectivity index (χ3v) is 3.03. The van der Waals surface area contributed by atoms with E-state index in [1.165, 1.54) is 6.07 Å². The molecule has 0 aliphatic carbocycles. The van der Waals surface area contributed by atoms with E-state index in [2.05, 4.69) is 10.6 Å². The average Bonchev–Trinajstić information content (AvgIpc) is 2.42. The number of aromatic hydroxyl groups is 1. The van der Waals surface area contributed by atoms with Crippen molar-refractivity contribution < 1.29 is 19.8 Å². The van der Waals surface area contributed by atoms with Crippen LogP contribution in [0.3, 0.4) is 0 Å². The van der Waals surface area contributed by atoms with Crippen LogP contribution in [0.25, 0.3) is 0 Å². The minimum absolute atomic E-state index is 0.0419. The van der Waals surface area contributed by atoms with Crippen LogP contribution in [0.2, 0.25) is 0 Å². The number of phenols is 1. The quantitative estimate of drug-likeness (QED) is 0.433. The molecule has 1 amide bonds. The first-order valence-electron chi connectivity index (χ1n) is 6.99. The number of hydrogen-bond donors (Lipinski definition) is 4. The number of amides is 1. The second kappa shape index (κ2) is 8.26. The number of benzene rings is 1. The van der Waals surface area contributed by atoms with Gasteiger partial charge >= 0.3 is 5.97 Å². The van der Waals surface area contributed by atoms with Crippen molar-refractivity contribution in [1.82, 2.24) is 5.32 Å². The molecule has 0 radical (unpaired) electrons. The van der Waals surface area contributed by atoms with E-state index in [-0.39, 0.29) is 17.9 Å². The summed E-state index contributed by atoms with van der Waals surface area (Å²) in [5, 5.41) is 24.1. The highest BCUT2D eigenvalue weighted by atomic mass is 16.4. The number of anilines is 1. The first-order chi connectivity index (χ1) is 9.93. The van der Waals surface area contributed by atoms with Crippen molar-refractivity contribution in [3.63, 3.8) is 0 Å². The highest BCUT2D eigenvalue weighted by molar-refractivity contribution is 5.95. The first kappa shape index (κ1) is 17.0. The van der Waals surface area contributed by atoms with Crippen molar-refractivity contribution in [1.29, 1.82) is 0 Å². The van der Waals surface area contributed by atoms with Crippen molar-refractivity contribution in [3.8, 4) is 5.75 Å². The molecule has 0 aromatic heterocycles. The summed E-state index contributed by atoms with van der Waals surface area (Å²) >= 11 is 0. The van der Waals surface area contributed by atoms with Gasteiger partial charge in [-0.25, -0.2) is 0 Å². The van der Waals surface area contributed by atoms with E-state index in [4.69, 9.17) is 5.11 Å². The summed E-state index contributed by atoms with van der Waals surface area (Å²) in [6.07, 6.45) is 1.61. The van der Waals surface area contributed by atoms with Gasteiger partial charge in [0, 0.05) is 0 Å². The van der Waals surface area contributed by atoms with Gasteiger partial charge in [0.15, 0.2) is 0 Å². The Morgan fingerprint density at radius 1 is 1.33 bits per heavy atom. The third-order valence-electron chi connectivity index (χ3n) is 3.03. The molecule has 1 rings (SSSR count). The maximum atomic E-state index is 11.9. The third kappa shape index (κ3) is 5.83. The zero-order valence-electron chi connectivity index (χ0n) is 12.3. The molecular formula is C15H22N2O4. The van der Waals surface area contributed by atoms with Crippen molar-refractivity contribution in [2.75, 3.05) is 11.9 Å². The summed E-state index contributed by atoms with van der Waals surface area (Å²) in [4.78, 5) is 23.0. The molecule has 4 N–H and O–H groups in total. The second-order valence-electron chi connectivity index (χ2n) is 4.97. The van der Waals surface area contributed by atoms with Crippen molar-refractivity contribution in [2.24, 2.45) is 0 Å². The summed E-state index contributed by atoms with van der Waals surface area (Å²) in [6.45, 7) is 4.39. The van der Waals surface area contributed by atoms with Crippen molar-refractivity contribution >= 4 is 17.6 Å². The minimum atomic E-state index is -1.06. The Morgan fingerprint density at radius 3 is 2.67 bits per heavy atom. The summed E-state index contributed by atoms with van der Waals surface area (Å²) in [7, 11) is 0. The monoisotopic (exact) mass is 294 g/mol. The zero-order chi connectivity index (χ0) is 15.8. The van der Waals surface area contributed by atoms with E-state index >= 15 is 0 Å². The molecule has 1 aromatic rings. The predicted molar refractivity (Wildman–Crippen MR) is 80.4 cm³/mol. The molecule has 0 spiro atoms. The van der Waals surface area contributed by atoms with E-state index in [0.29, 0.717) is 6.54 Å². The van der Waals surface area contributed by atoms with Crippen LogP contribution in [0.5, 0.6) is 5.75 Å². The van der Waals surface area contributed by atoms with Gasteiger partial charge in [0.2, 0.25) is 5.91 Å². The number of phenolic OH excluding ortho intramolecular Hbond substituents is 1. The Labute approximate surface area is 124 Å². The lowest BCUT2D eigenvalue weighted by Gasteiger charge is -2.14. The second-order valence-corrected chi connectivity index (χ2v) is 4.97. The van der Waals surface area contributed by atoms with Gasteiger partial charge in [-0.05, 0) is 37.6 Å². The van der Waals surface area contributed by atoms with Gasteiger partial charge in [0.1, 0.15) is 11.8 Å². The lowest BCUT2D eigenvalue weighted by Crippen LogP contribution is -2.40. The molecule has 6 nitrogen and oxygen atoms in total. The van der Waals surface area contributed by atoms with Crippen LogP contribution >= 0.6 is 0 Å². The number of carboxylic acid groups (broad SMARTS) is 1. The average molecular weight is 294 g/mol. The Kier molecular flexibility index (Phi) is 6.68. The lowest BCUT2D eigenvalue weighted by molar-refractivity contribution is -0.141. The van der Waals surface area contributed by atoms with E-state index in [1.807, 2.05) is 13.8 Å². The predicted octanol–water partition coefficient (Wildman–Crippen LogP) is 1.87. The molecule has 6 heteroatoms. The number of carbonyl (C=O) groups is 2.